The highest BCUT2D eigenvalue weighted by atomic mass is 32.3. The van der Waals surface area contributed by atoms with Crippen LogP contribution < -0.4 is 0 Å². The summed E-state index contributed by atoms with van der Waals surface area (Å²) in [4.78, 5) is 2.55. The topological polar surface area (TPSA) is 18.5 Å². The maximum atomic E-state index is 6.67. The van der Waals surface area contributed by atoms with Gasteiger partial charge >= 0.3 is 0 Å². The molecule has 0 atom stereocenters. The molecule has 0 fully saturated rings. The van der Waals surface area contributed by atoms with E-state index in [9.17, 15) is 0 Å². The minimum Gasteiger partial charge on any atom is -0.385 e. The molecule has 2 aromatic carbocycles. The first-order valence-corrected chi connectivity index (χ1v) is 9.64. The van der Waals surface area contributed by atoms with Gasteiger partial charge in [-0.1, -0.05) is 46.7 Å². The van der Waals surface area contributed by atoms with Gasteiger partial charge in [0.25, 0.3) is 0 Å². The zero-order valence-corrected chi connectivity index (χ0v) is 15.4. The van der Waals surface area contributed by atoms with E-state index >= 15 is 0 Å². The van der Waals surface area contributed by atoms with Gasteiger partial charge in [-0.25, -0.2) is 0 Å². The predicted molar refractivity (Wildman–Crippen MR) is 99.2 cm³/mol. The van der Waals surface area contributed by atoms with Crippen LogP contribution in [0.25, 0.3) is 0 Å². The zero-order chi connectivity index (χ0) is 16.8. The third-order valence-electron chi connectivity index (χ3n) is 3.77. The molecular weight excluding hydrogens is 304 g/mol. The summed E-state index contributed by atoms with van der Waals surface area (Å²) >= 11 is 0. The standard InChI is InChI=1S/C20H28O2S/c1-20(2,3)23(22-17-11-16-21-4,18-12-7-5-8-13-18)19-14-9-6-10-15-19/h5-10,12-15H,11,16-17H2,1-4H3. The summed E-state index contributed by atoms with van der Waals surface area (Å²) in [6, 6.07) is 21.3. The van der Waals surface area contributed by atoms with Crippen LogP contribution in [0.3, 0.4) is 0 Å². The highest BCUT2D eigenvalue weighted by Crippen LogP contribution is 2.71. The van der Waals surface area contributed by atoms with Crippen molar-refractivity contribution >= 4 is 10.3 Å². The Balaban J connectivity index is 2.51. The van der Waals surface area contributed by atoms with Crippen LogP contribution in [0, 0.1) is 0 Å². The van der Waals surface area contributed by atoms with Crippen molar-refractivity contribution in [2.75, 3.05) is 20.3 Å². The molecule has 0 aliphatic heterocycles. The first kappa shape index (κ1) is 18.1. The van der Waals surface area contributed by atoms with E-state index < -0.39 is 10.3 Å². The monoisotopic (exact) mass is 332 g/mol. The van der Waals surface area contributed by atoms with Crippen molar-refractivity contribution < 1.29 is 8.92 Å². The van der Waals surface area contributed by atoms with Gasteiger partial charge in [0.2, 0.25) is 0 Å². The third kappa shape index (κ3) is 3.97. The lowest BCUT2D eigenvalue weighted by atomic mass is 10.3. The molecule has 2 nitrogen and oxygen atoms in total. The van der Waals surface area contributed by atoms with Crippen molar-refractivity contribution in [3.8, 4) is 0 Å². The van der Waals surface area contributed by atoms with E-state index in [1.807, 2.05) is 0 Å². The van der Waals surface area contributed by atoms with E-state index in [4.69, 9.17) is 8.92 Å². The SMILES string of the molecule is COCCCOS(c1ccccc1)(c1ccccc1)C(C)(C)C. The van der Waals surface area contributed by atoms with Gasteiger partial charge in [-0.15, -0.1) is 0 Å². The van der Waals surface area contributed by atoms with Gasteiger partial charge in [-0.2, -0.15) is 0 Å². The molecule has 126 valence electrons. The van der Waals surface area contributed by atoms with Gasteiger partial charge in [0.1, 0.15) is 0 Å². The largest absolute Gasteiger partial charge is 0.385 e. The summed E-state index contributed by atoms with van der Waals surface area (Å²) in [5, 5.41) is 0. The summed E-state index contributed by atoms with van der Waals surface area (Å²) in [7, 11) is 0.128. The molecule has 0 unspecified atom stereocenters. The van der Waals surface area contributed by atoms with Crippen molar-refractivity contribution in [2.24, 2.45) is 0 Å². The van der Waals surface area contributed by atoms with Crippen molar-refractivity contribution in [3.63, 3.8) is 0 Å². The van der Waals surface area contributed by atoms with Crippen LogP contribution in [-0.4, -0.2) is 25.1 Å². The van der Waals surface area contributed by atoms with E-state index in [0.717, 1.165) is 13.0 Å². The van der Waals surface area contributed by atoms with Crippen molar-refractivity contribution in [2.45, 2.75) is 41.7 Å². The average Bonchev–Trinajstić information content (AvgIpc) is 2.55. The fraction of sp³-hybridized carbons (Fsp3) is 0.400. The molecule has 0 amide bonds. The summed E-state index contributed by atoms with van der Waals surface area (Å²) in [5.41, 5.74) is 0. The molecule has 23 heavy (non-hydrogen) atoms. The van der Waals surface area contributed by atoms with Crippen LogP contribution in [0.1, 0.15) is 27.2 Å². The Morgan fingerprint density at radius 3 is 1.65 bits per heavy atom. The molecule has 0 aromatic heterocycles. The van der Waals surface area contributed by atoms with Crippen LogP contribution in [0.2, 0.25) is 0 Å². The molecule has 0 heterocycles. The van der Waals surface area contributed by atoms with Crippen LogP contribution in [0.4, 0.5) is 0 Å². The quantitative estimate of drug-likeness (QED) is 0.608. The molecule has 0 radical (unpaired) electrons. The highest BCUT2D eigenvalue weighted by molar-refractivity contribution is 8.31. The van der Waals surface area contributed by atoms with Gasteiger partial charge < -0.3 is 8.92 Å². The highest BCUT2D eigenvalue weighted by Gasteiger charge is 2.41. The van der Waals surface area contributed by atoms with E-state index in [1.165, 1.54) is 9.79 Å². The maximum absolute atomic E-state index is 6.67. The van der Waals surface area contributed by atoms with Gasteiger partial charge in [0.15, 0.2) is 0 Å². The maximum Gasteiger partial charge on any atom is 0.0623 e. The first-order valence-electron chi connectivity index (χ1n) is 8.09. The van der Waals surface area contributed by atoms with Crippen molar-refractivity contribution in [3.05, 3.63) is 60.7 Å². The van der Waals surface area contributed by atoms with Gasteiger partial charge in [-0.3, -0.25) is 0 Å². The second kappa shape index (κ2) is 8.00. The van der Waals surface area contributed by atoms with Crippen LogP contribution in [0.15, 0.2) is 70.5 Å². The number of benzene rings is 2. The fourth-order valence-corrected chi connectivity index (χ4v) is 6.53. The number of rotatable bonds is 7. The van der Waals surface area contributed by atoms with Crippen molar-refractivity contribution in [1.29, 1.82) is 0 Å². The molecule has 0 bridgehead atoms. The summed E-state index contributed by atoms with van der Waals surface area (Å²) in [6.07, 6.45) is 0.904. The molecule has 0 aliphatic carbocycles. The normalized spacial score (nSPS) is 13.0. The molecule has 0 aliphatic rings. The lowest BCUT2D eigenvalue weighted by Gasteiger charge is -2.50. The Labute approximate surface area is 142 Å². The van der Waals surface area contributed by atoms with Crippen LogP contribution in [-0.2, 0) is 8.92 Å². The molecule has 0 saturated carbocycles. The van der Waals surface area contributed by atoms with E-state index in [2.05, 4.69) is 81.4 Å². The Hall–Kier alpha value is -1.29. The summed E-state index contributed by atoms with van der Waals surface area (Å²) in [5.74, 6) is 0. The minimum absolute atomic E-state index is 0.0111. The summed E-state index contributed by atoms with van der Waals surface area (Å²) in [6.45, 7) is 8.25. The smallest absolute Gasteiger partial charge is 0.0623 e. The van der Waals surface area contributed by atoms with E-state index in [0.29, 0.717) is 6.61 Å². The molecule has 0 saturated heterocycles. The lowest BCUT2D eigenvalue weighted by Crippen LogP contribution is -2.28. The third-order valence-corrected chi connectivity index (χ3v) is 7.88. The predicted octanol–water partition coefficient (Wildman–Crippen LogP) is 5.68. The second-order valence-corrected chi connectivity index (χ2v) is 9.98. The van der Waals surface area contributed by atoms with Crippen LogP contribution in [0.5, 0.6) is 0 Å². The Kier molecular flexibility index (Phi) is 6.28. The molecule has 2 aromatic rings. The molecule has 2 rings (SSSR count). The number of hydrogen-bond acceptors (Lipinski definition) is 2. The molecule has 0 spiro atoms. The van der Waals surface area contributed by atoms with Crippen LogP contribution >= 0.6 is 10.3 Å². The van der Waals surface area contributed by atoms with E-state index in [-0.39, 0.29) is 4.75 Å². The molecule has 3 heteroatoms. The molecular formula is C20H28O2S. The summed E-state index contributed by atoms with van der Waals surface area (Å²) < 4.78 is 11.8. The number of methoxy groups -OCH3 is 1. The van der Waals surface area contributed by atoms with Gasteiger partial charge in [-0.05, 0) is 51.5 Å². The average molecular weight is 333 g/mol. The minimum atomic E-state index is -1.61. The first-order chi connectivity index (χ1) is 11.0. The van der Waals surface area contributed by atoms with Gasteiger partial charge in [0, 0.05) is 28.3 Å². The number of ether oxygens (including phenoxy) is 1. The Morgan fingerprint density at radius 2 is 1.26 bits per heavy atom. The Morgan fingerprint density at radius 1 is 0.783 bits per heavy atom. The number of hydrogen-bond donors (Lipinski definition) is 0. The van der Waals surface area contributed by atoms with Crippen molar-refractivity contribution in [1.82, 2.24) is 0 Å². The van der Waals surface area contributed by atoms with E-state index in [1.54, 1.807) is 7.11 Å². The zero-order valence-electron chi connectivity index (χ0n) is 14.6. The molecule has 0 N–H and O–H groups in total. The second-order valence-electron chi connectivity index (χ2n) is 6.46. The fourth-order valence-electron chi connectivity index (χ4n) is 2.77. The van der Waals surface area contributed by atoms with Gasteiger partial charge in [0.05, 0.1) is 6.61 Å². The lowest BCUT2D eigenvalue weighted by molar-refractivity contribution is 0.175. The Bertz CT molecular complexity index is 536.